The predicted octanol–water partition coefficient (Wildman–Crippen LogP) is 0.0749. The Balaban J connectivity index is 3.26. The summed E-state index contributed by atoms with van der Waals surface area (Å²) in [6, 6.07) is 0. The van der Waals surface area contributed by atoms with Crippen LogP contribution >= 0.6 is 0 Å². The van der Waals surface area contributed by atoms with Crippen LogP contribution in [0.1, 0.15) is 39.0 Å². The fourth-order valence-corrected chi connectivity index (χ4v) is 1.32. The molecule has 102 valence electrons. The molecule has 0 aromatic rings. The summed E-state index contributed by atoms with van der Waals surface area (Å²) in [6.45, 7) is 2.58. The smallest absolute Gasteiger partial charge is 0.220 e. The summed E-state index contributed by atoms with van der Waals surface area (Å²) in [4.78, 5) is 11.1. The lowest BCUT2D eigenvalue weighted by molar-refractivity contribution is -0.188. The van der Waals surface area contributed by atoms with Gasteiger partial charge in [0.25, 0.3) is 0 Å². The Morgan fingerprint density at radius 1 is 1.29 bits per heavy atom. The molecule has 0 bridgehead atoms. The molecule has 0 rings (SSSR count). The lowest BCUT2D eigenvalue weighted by Gasteiger charge is -2.17. The molecule has 0 heterocycles. The van der Waals surface area contributed by atoms with E-state index in [9.17, 15) is 4.79 Å². The average molecular weight is 248 g/mol. The third-order valence-corrected chi connectivity index (χ3v) is 2.38. The minimum atomic E-state index is -0.840. The lowest BCUT2D eigenvalue weighted by atomic mass is 10.2. The second-order valence-electron chi connectivity index (χ2n) is 4.03. The third kappa shape index (κ3) is 10.2. The van der Waals surface area contributed by atoms with Gasteiger partial charge in [0.2, 0.25) is 5.91 Å². The summed E-state index contributed by atoms with van der Waals surface area (Å²) in [5.41, 5.74) is 0. The first-order valence-electron chi connectivity index (χ1n) is 6.09. The van der Waals surface area contributed by atoms with Crippen LogP contribution in [-0.2, 0) is 4.79 Å². The first-order chi connectivity index (χ1) is 8.07. The lowest BCUT2D eigenvalue weighted by Crippen LogP contribution is -2.30. The van der Waals surface area contributed by atoms with Crippen molar-refractivity contribution in [2.45, 2.75) is 45.3 Å². The number of aliphatic hydroxyl groups excluding tert-OH is 2. The van der Waals surface area contributed by atoms with Gasteiger partial charge in [-0.25, -0.2) is 0 Å². The maximum atomic E-state index is 11.1. The van der Waals surface area contributed by atoms with Gasteiger partial charge in [-0.1, -0.05) is 6.42 Å². The number of aliphatic hydroxyl groups is 2. The van der Waals surface area contributed by atoms with Crippen LogP contribution in [0.25, 0.3) is 0 Å². The molecular formula is C11H24N2O4. The Morgan fingerprint density at radius 2 is 2.00 bits per heavy atom. The highest BCUT2D eigenvalue weighted by Crippen LogP contribution is 1.99. The van der Waals surface area contributed by atoms with Crippen molar-refractivity contribution in [1.29, 1.82) is 0 Å². The molecule has 6 nitrogen and oxygen atoms in total. The van der Waals surface area contributed by atoms with Gasteiger partial charge >= 0.3 is 0 Å². The molecule has 1 amide bonds. The van der Waals surface area contributed by atoms with Crippen LogP contribution < -0.4 is 5.32 Å². The monoisotopic (exact) mass is 248 g/mol. The zero-order chi connectivity index (χ0) is 13.1. The van der Waals surface area contributed by atoms with E-state index in [2.05, 4.69) is 5.32 Å². The molecule has 0 fully saturated rings. The molecule has 0 aromatic carbocycles. The van der Waals surface area contributed by atoms with E-state index < -0.39 is 6.23 Å². The van der Waals surface area contributed by atoms with Crippen LogP contribution in [0.4, 0.5) is 0 Å². The number of hydroxylamine groups is 2. The summed E-state index contributed by atoms with van der Waals surface area (Å²) in [6.07, 6.45) is 2.52. The molecule has 0 aliphatic carbocycles. The molecule has 0 aliphatic rings. The Bertz CT molecular complexity index is 200. The minimum Gasteiger partial charge on any atom is -0.396 e. The highest BCUT2D eigenvalue weighted by atomic mass is 16.5. The first-order valence-corrected chi connectivity index (χ1v) is 6.09. The fourth-order valence-electron chi connectivity index (χ4n) is 1.32. The average Bonchev–Trinajstić information content (AvgIpc) is 2.30. The number of amides is 1. The van der Waals surface area contributed by atoms with Crippen molar-refractivity contribution in [1.82, 2.24) is 10.4 Å². The van der Waals surface area contributed by atoms with Crippen molar-refractivity contribution < 1.29 is 20.2 Å². The van der Waals surface area contributed by atoms with Crippen LogP contribution in [0, 0.1) is 0 Å². The number of carbonyl (C=O) groups is 1. The van der Waals surface area contributed by atoms with Crippen LogP contribution in [0.5, 0.6) is 0 Å². The largest absolute Gasteiger partial charge is 0.396 e. The highest BCUT2D eigenvalue weighted by molar-refractivity contribution is 5.75. The second-order valence-corrected chi connectivity index (χ2v) is 4.03. The van der Waals surface area contributed by atoms with E-state index in [4.69, 9.17) is 15.4 Å². The number of rotatable bonds is 10. The number of nitrogens with one attached hydrogen (secondary N) is 1. The van der Waals surface area contributed by atoms with Gasteiger partial charge in [0.1, 0.15) is 6.23 Å². The molecule has 17 heavy (non-hydrogen) atoms. The quantitative estimate of drug-likeness (QED) is 0.249. The number of unbranched alkanes of at least 4 members (excludes halogenated alkanes) is 2. The summed E-state index contributed by atoms with van der Waals surface area (Å²) in [5, 5.41) is 30.3. The standard InChI is InChI=1S/C11H24N2O4/c1-10(15)13(17)8-4-2-3-7-12-11(16)6-5-9-14/h10,14-15,17H,2-9H2,1H3,(H,12,16)/t10-/m0/s1. The molecule has 6 heteroatoms. The summed E-state index contributed by atoms with van der Waals surface area (Å²) in [5.74, 6) is -0.0354. The molecular weight excluding hydrogens is 224 g/mol. The van der Waals surface area contributed by atoms with Crippen LogP contribution in [0.2, 0.25) is 0 Å². The Labute approximate surface area is 102 Å². The first kappa shape index (κ1) is 16.3. The van der Waals surface area contributed by atoms with Gasteiger partial charge in [-0.3, -0.25) is 4.79 Å². The zero-order valence-corrected chi connectivity index (χ0v) is 10.4. The maximum absolute atomic E-state index is 11.1. The normalized spacial score (nSPS) is 12.8. The van der Waals surface area contributed by atoms with Crippen LogP contribution in [0.3, 0.4) is 0 Å². The Hall–Kier alpha value is -0.690. The maximum Gasteiger partial charge on any atom is 0.220 e. The van der Waals surface area contributed by atoms with Gasteiger partial charge in [0.05, 0.1) is 0 Å². The van der Waals surface area contributed by atoms with Gasteiger partial charge in [0, 0.05) is 26.1 Å². The number of hydrogen-bond donors (Lipinski definition) is 4. The van der Waals surface area contributed by atoms with E-state index >= 15 is 0 Å². The van der Waals surface area contributed by atoms with E-state index in [0.29, 0.717) is 25.9 Å². The fraction of sp³-hybridized carbons (Fsp3) is 0.909. The minimum absolute atomic E-state index is 0.0354. The summed E-state index contributed by atoms with van der Waals surface area (Å²) in [7, 11) is 0. The molecule has 0 saturated heterocycles. The molecule has 0 aliphatic heterocycles. The molecule has 0 saturated carbocycles. The van der Waals surface area contributed by atoms with Crippen molar-refractivity contribution in [3.63, 3.8) is 0 Å². The van der Waals surface area contributed by atoms with E-state index in [1.54, 1.807) is 0 Å². The molecule has 4 N–H and O–H groups in total. The van der Waals surface area contributed by atoms with E-state index in [-0.39, 0.29) is 12.5 Å². The summed E-state index contributed by atoms with van der Waals surface area (Å²) >= 11 is 0. The number of nitrogens with zero attached hydrogens (tertiary/aromatic N) is 1. The Morgan fingerprint density at radius 3 is 2.59 bits per heavy atom. The van der Waals surface area contributed by atoms with Gasteiger partial charge in [0.15, 0.2) is 0 Å². The van der Waals surface area contributed by atoms with Gasteiger partial charge in [-0.15, -0.1) is 0 Å². The molecule has 0 aromatic heterocycles. The van der Waals surface area contributed by atoms with Crippen molar-refractivity contribution in [3.05, 3.63) is 0 Å². The molecule has 0 spiro atoms. The molecule has 0 unspecified atom stereocenters. The SMILES string of the molecule is C[C@H](O)N(O)CCCCCNC(=O)CCCO. The molecule has 1 atom stereocenters. The second kappa shape index (κ2) is 10.5. The van der Waals surface area contributed by atoms with Crippen LogP contribution in [-0.4, -0.2) is 52.3 Å². The van der Waals surface area contributed by atoms with Crippen molar-refractivity contribution in [3.8, 4) is 0 Å². The number of carbonyl (C=O) groups excluding carboxylic acids is 1. The topological polar surface area (TPSA) is 93.0 Å². The third-order valence-electron chi connectivity index (χ3n) is 2.38. The van der Waals surface area contributed by atoms with E-state index in [1.165, 1.54) is 6.92 Å². The Kier molecular flexibility index (Phi) is 10.0. The van der Waals surface area contributed by atoms with Gasteiger partial charge in [-0.2, -0.15) is 5.06 Å². The van der Waals surface area contributed by atoms with Gasteiger partial charge < -0.3 is 20.7 Å². The molecule has 0 radical (unpaired) electrons. The van der Waals surface area contributed by atoms with Crippen molar-refractivity contribution in [2.75, 3.05) is 19.7 Å². The van der Waals surface area contributed by atoms with Crippen molar-refractivity contribution in [2.24, 2.45) is 0 Å². The zero-order valence-electron chi connectivity index (χ0n) is 10.4. The predicted molar refractivity (Wildman–Crippen MR) is 63.4 cm³/mol. The van der Waals surface area contributed by atoms with Crippen LogP contribution in [0.15, 0.2) is 0 Å². The van der Waals surface area contributed by atoms with E-state index in [0.717, 1.165) is 24.3 Å². The highest BCUT2D eigenvalue weighted by Gasteiger charge is 2.05. The number of hydrogen-bond acceptors (Lipinski definition) is 5. The van der Waals surface area contributed by atoms with E-state index in [1.807, 2.05) is 0 Å². The van der Waals surface area contributed by atoms with Gasteiger partial charge in [-0.05, 0) is 26.2 Å². The summed E-state index contributed by atoms with van der Waals surface area (Å²) < 4.78 is 0. The van der Waals surface area contributed by atoms with Crippen molar-refractivity contribution >= 4 is 5.91 Å².